The number of thiophene rings is 1. The maximum absolute atomic E-state index is 12.1. The van der Waals surface area contributed by atoms with E-state index in [0.717, 1.165) is 65.3 Å². The van der Waals surface area contributed by atoms with Crippen LogP contribution in [0.15, 0.2) is 60.1 Å². The van der Waals surface area contributed by atoms with Crippen LogP contribution < -0.4 is 20.3 Å². The predicted molar refractivity (Wildman–Crippen MR) is 142 cm³/mol. The Morgan fingerprint density at radius 2 is 1.94 bits per heavy atom. The fourth-order valence-corrected chi connectivity index (χ4v) is 5.70. The number of nitrogens with two attached hydrogens (primary N) is 1. The summed E-state index contributed by atoms with van der Waals surface area (Å²) < 4.78 is 31.8. The van der Waals surface area contributed by atoms with Crippen molar-refractivity contribution in [1.82, 2.24) is 9.97 Å². The summed E-state index contributed by atoms with van der Waals surface area (Å²) in [6.07, 6.45) is 2.94. The summed E-state index contributed by atoms with van der Waals surface area (Å²) in [5.74, 6) is 0.493. The lowest BCUT2D eigenvalue weighted by molar-refractivity contribution is 0.122. The van der Waals surface area contributed by atoms with Crippen molar-refractivity contribution >= 4 is 54.6 Å². The van der Waals surface area contributed by atoms with Crippen LogP contribution in [0.5, 0.6) is 0 Å². The number of sulfonamides is 1. The smallest absolute Gasteiger partial charge is 0.233 e. The van der Waals surface area contributed by atoms with Crippen LogP contribution >= 0.6 is 11.3 Å². The quantitative estimate of drug-likeness (QED) is 0.363. The molecule has 2 aromatic carbocycles. The molecule has 0 aliphatic carbocycles. The summed E-state index contributed by atoms with van der Waals surface area (Å²) in [5, 5.41) is 5.29. The third-order valence-electron chi connectivity index (χ3n) is 5.83. The average molecular weight is 511 g/mol. The van der Waals surface area contributed by atoms with Crippen LogP contribution in [0.4, 0.5) is 23.0 Å². The molecule has 0 bridgehead atoms. The van der Waals surface area contributed by atoms with Crippen LogP contribution in [0.3, 0.4) is 0 Å². The standard InChI is InChI=1S/C24H26N6O3S2/c1-35(31,32)30(16-25)20-4-2-3-17(13-20)21-15-34-22-14-26-24(28-23(21)22)27-18-5-7-19(8-6-18)29-9-11-33-12-10-29/h2-8,13-15H,9-12,16,25H2,1H3,(H,26,27,28). The predicted octanol–water partition coefficient (Wildman–Crippen LogP) is 3.62. The minimum atomic E-state index is -3.48. The lowest BCUT2D eigenvalue weighted by atomic mass is 10.1. The van der Waals surface area contributed by atoms with Crippen molar-refractivity contribution in [2.45, 2.75) is 0 Å². The van der Waals surface area contributed by atoms with Gasteiger partial charge in [0.2, 0.25) is 16.0 Å². The van der Waals surface area contributed by atoms with Gasteiger partial charge in [-0.1, -0.05) is 12.1 Å². The van der Waals surface area contributed by atoms with Crippen molar-refractivity contribution < 1.29 is 13.2 Å². The first-order chi connectivity index (χ1) is 16.9. The van der Waals surface area contributed by atoms with Gasteiger partial charge in [-0.25, -0.2) is 18.4 Å². The Bertz CT molecular complexity index is 1430. The molecule has 1 aliphatic heterocycles. The van der Waals surface area contributed by atoms with Gasteiger partial charge in [0.05, 0.1) is 48.2 Å². The lowest BCUT2D eigenvalue weighted by Crippen LogP contribution is -2.36. The molecule has 1 fully saturated rings. The van der Waals surface area contributed by atoms with Gasteiger partial charge in [-0.15, -0.1) is 11.3 Å². The molecule has 11 heteroatoms. The zero-order valence-electron chi connectivity index (χ0n) is 19.2. The van der Waals surface area contributed by atoms with E-state index in [2.05, 4.69) is 27.3 Å². The molecule has 0 spiro atoms. The molecule has 0 saturated carbocycles. The molecule has 9 nitrogen and oxygen atoms in total. The number of morpholine rings is 1. The highest BCUT2D eigenvalue weighted by molar-refractivity contribution is 7.92. The van der Waals surface area contributed by atoms with Crippen LogP contribution in [0, 0.1) is 0 Å². The first kappa shape index (κ1) is 23.5. The molecule has 2 aromatic heterocycles. The van der Waals surface area contributed by atoms with E-state index in [1.165, 1.54) is 4.31 Å². The van der Waals surface area contributed by atoms with E-state index >= 15 is 0 Å². The highest BCUT2D eigenvalue weighted by Gasteiger charge is 2.17. The number of fused-ring (bicyclic) bond motifs is 1. The Balaban J connectivity index is 1.41. The van der Waals surface area contributed by atoms with Crippen LogP contribution in [-0.2, 0) is 14.8 Å². The second-order valence-electron chi connectivity index (χ2n) is 8.17. The second-order valence-corrected chi connectivity index (χ2v) is 11.0. The zero-order chi connectivity index (χ0) is 24.4. The summed E-state index contributed by atoms with van der Waals surface area (Å²) >= 11 is 1.54. The number of aromatic nitrogens is 2. The molecule has 0 amide bonds. The largest absolute Gasteiger partial charge is 0.378 e. The van der Waals surface area contributed by atoms with Gasteiger partial charge >= 0.3 is 0 Å². The maximum Gasteiger partial charge on any atom is 0.233 e. The fourth-order valence-electron chi connectivity index (χ4n) is 4.06. The van der Waals surface area contributed by atoms with Crippen molar-refractivity contribution in [3.05, 3.63) is 60.1 Å². The molecular formula is C24H26N6O3S2. The first-order valence-electron chi connectivity index (χ1n) is 11.1. The molecule has 3 N–H and O–H groups in total. The zero-order valence-corrected chi connectivity index (χ0v) is 20.8. The number of rotatable bonds is 7. The highest BCUT2D eigenvalue weighted by atomic mass is 32.2. The van der Waals surface area contributed by atoms with Gasteiger partial charge in [-0.2, -0.15) is 0 Å². The third-order valence-corrected chi connectivity index (χ3v) is 7.89. The van der Waals surface area contributed by atoms with E-state index in [1.807, 2.05) is 35.7 Å². The number of hydrogen-bond acceptors (Lipinski definition) is 9. The molecular weight excluding hydrogens is 484 g/mol. The van der Waals surface area contributed by atoms with Gasteiger partial charge in [0, 0.05) is 35.4 Å². The number of hydrogen-bond donors (Lipinski definition) is 2. The number of nitrogens with one attached hydrogen (secondary N) is 1. The number of ether oxygens (including phenoxy) is 1. The Hall–Kier alpha value is -3.25. The topological polar surface area (TPSA) is 114 Å². The Morgan fingerprint density at radius 3 is 2.66 bits per heavy atom. The second kappa shape index (κ2) is 9.78. The maximum atomic E-state index is 12.1. The SMILES string of the molecule is CS(=O)(=O)N(CN)c1cccc(-c2csc3cnc(Nc4ccc(N5CCOCC5)cc4)nc23)c1. The van der Waals surface area contributed by atoms with Gasteiger partial charge in [-0.05, 0) is 42.0 Å². The van der Waals surface area contributed by atoms with Crippen LogP contribution in [0.1, 0.15) is 0 Å². The van der Waals surface area contributed by atoms with Crippen LogP contribution in [-0.4, -0.2) is 57.6 Å². The van der Waals surface area contributed by atoms with Crippen molar-refractivity contribution in [2.75, 3.05) is 53.7 Å². The van der Waals surface area contributed by atoms with Gasteiger partial charge < -0.3 is 20.7 Å². The van der Waals surface area contributed by atoms with Gasteiger partial charge in [0.25, 0.3) is 0 Å². The van der Waals surface area contributed by atoms with Gasteiger partial charge in [-0.3, -0.25) is 4.31 Å². The van der Waals surface area contributed by atoms with E-state index in [1.54, 1.807) is 23.6 Å². The van der Waals surface area contributed by atoms with E-state index in [9.17, 15) is 8.42 Å². The molecule has 35 heavy (non-hydrogen) atoms. The molecule has 3 heterocycles. The number of anilines is 4. The normalized spacial score (nSPS) is 14.3. The first-order valence-corrected chi connectivity index (χ1v) is 13.9. The average Bonchev–Trinajstić information content (AvgIpc) is 3.28. The number of nitrogens with zero attached hydrogens (tertiary/aromatic N) is 4. The summed E-state index contributed by atoms with van der Waals surface area (Å²) in [7, 11) is -3.48. The summed E-state index contributed by atoms with van der Waals surface area (Å²) in [5.41, 5.74) is 10.8. The molecule has 0 radical (unpaired) electrons. The van der Waals surface area contributed by atoms with Crippen molar-refractivity contribution in [1.29, 1.82) is 0 Å². The van der Waals surface area contributed by atoms with Crippen LogP contribution in [0.2, 0.25) is 0 Å². The van der Waals surface area contributed by atoms with Gasteiger partial charge in [0.1, 0.15) is 0 Å². The van der Waals surface area contributed by atoms with Crippen molar-refractivity contribution in [3.8, 4) is 11.1 Å². The minimum absolute atomic E-state index is 0.132. The van der Waals surface area contributed by atoms with Crippen molar-refractivity contribution in [2.24, 2.45) is 5.73 Å². The van der Waals surface area contributed by atoms with E-state index < -0.39 is 10.0 Å². The fraction of sp³-hybridized carbons (Fsp3) is 0.250. The third kappa shape index (κ3) is 5.08. The summed E-state index contributed by atoms with van der Waals surface area (Å²) in [6, 6.07) is 15.5. The highest BCUT2D eigenvalue weighted by Crippen LogP contribution is 2.35. The molecule has 1 aliphatic rings. The molecule has 0 atom stereocenters. The minimum Gasteiger partial charge on any atom is -0.378 e. The van der Waals surface area contributed by atoms with E-state index in [-0.39, 0.29) is 6.67 Å². The van der Waals surface area contributed by atoms with E-state index in [0.29, 0.717) is 11.6 Å². The molecule has 4 aromatic rings. The summed E-state index contributed by atoms with van der Waals surface area (Å²) in [4.78, 5) is 11.5. The number of benzene rings is 2. The molecule has 182 valence electrons. The molecule has 5 rings (SSSR count). The Labute approximate surface area is 208 Å². The summed E-state index contributed by atoms with van der Waals surface area (Å²) in [6.45, 7) is 3.15. The monoisotopic (exact) mass is 510 g/mol. The Morgan fingerprint density at radius 1 is 1.17 bits per heavy atom. The molecule has 0 unspecified atom stereocenters. The van der Waals surface area contributed by atoms with E-state index in [4.69, 9.17) is 15.5 Å². The Kier molecular flexibility index (Phi) is 6.56. The molecule has 1 saturated heterocycles. The van der Waals surface area contributed by atoms with Crippen molar-refractivity contribution in [3.63, 3.8) is 0 Å². The van der Waals surface area contributed by atoms with Crippen LogP contribution in [0.25, 0.3) is 21.3 Å². The van der Waals surface area contributed by atoms with Gasteiger partial charge in [0.15, 0.2) is 0 Å². The lowest BCUT2D eigenvalue weighted by Gasteiger charge is -2.28.